The molecule has 1 aromatic heterocycles. The van der Waals surface area contributed by atoms with Crippen molar-refractivity contribution < 1.29 is 4.74 Å². The Labute approximate surface area is 125 Å². The molecule has 0 radical (unpaired) electrons. The topological polar surface area (TPSA) is 60.2 Å². The van der Waals surface area contributed by atoms with Gasteiger partial charge < -0.3 is 10.2 Å². The predicted octanol–water partition coefficient (Wildman–Crippen LogP) is 3.91. The molecule has 0 amide bonds. The number of hydrazine groups is 1. The van der Waals surface area contributed by atoms with Crippen molar-refractivity contribution in [2.24, 2.45) is 5.84 Å². The van der Waals surface area contributed by atoms with Gasteiger partial charge in [0.05, 0.1) is 15.1 Å². The molecule has 100 valence electrons. The van der Waals surface area contributed by atoms with Gasteiger partial charge in [0.2, 0.25) is 0 Å². The number of pyridine rings is 1. The van der Waals surface area contributed by atoms with E-state index >= 15 is 0 Å². The summed E-state index contributed by atoms with van der Waals surface area (Å²) in [5.74, 6) is 6.28. The van der Waals surface area contributed by atoms with Crippen molar-refractivity contribution in [1.29, 1.82) is 0 Å². The summed E-state index contributed by atoms with van der Waals surface area (Å²) < 4.78 is 5.57. The lowest BCUT2D eigenvalue weighted by Crippen LogP contribution is -2.08. The smallest absolute Gasteiger partial charge is 0.139 e. The monoisotopic (exact) mass is 317 g/mol. The van der Waals surface area contributed by atoms with E-state index in [9.17, 15) is 0 Å². The minimum Gasteiger partial charge on any atom is -0.487 e. The highest BCUT2D eigenvalue weighted by atomic mass is 35.5. The Bertz CT molecular complexity index is 575. The van der Waals surface area contributed by atoms with Gasteiger partial charge in [-0.3, -0.25) is 0 Å². The summed E-state index contributed by atoms with van der Waals surface area (Å²) >= 11 is 17.7. The number of anilines is 1. The number of rotatable bonds is 4. The van der Waals surface area contributed by atoms with Gasteiger partial charge in [0.25, 0.3) is 0 Å². The molecule has 0 saturated heterocycles. The molecule has 0 aliphatic carbocycles. The third kappa shape index (κ3) is 3.64. The van der Waals surface area contributed by atoms with E-state index in [1.165, 1.54) is 0 Å². The Hall–Kier alpha value is -1.20. The van der Waals surface area contributed by atoms with E-state index in [2.05, 4.69) is 10.4 Å². The second-order valence-electron chi connectivity index (χ2n) is 3.68. The highest BCUT2D eigenvalue weighted by Crippen LogP contribution is 2.34. The van der Waals surface area contributed by atoms with Gasteiger partial charge in [-0.1, -0.05) is 40.9 Å². The molecule has 19 heavy (non-hydrogen) atoms. The Balaban J connectivity index is 2.07. The fourth-order valence-electron chi connectivity index (χ4n) is 1.37. The second-order valence-corrected chi connectivity index (χ2v) is 4.90. The Morgan fingerprint density at radius 1 is 1.11 bits per heavy atom. The summed E-state index contributed by atoms with van der Waals surface area (Å²) in [6, 6.07) is 6.71. The van der Waals surface area contributed by atoms with E-state index in [1.807, 2.05) is 6.07 Å². The Morgan fingerprint density at radius 3 is 2.47 bits per heavy atom. The number of halogens is 3. The molecule has 0 aliphatic heterocycles. The SMILES string of the molecule is NNc1ccc(COc2cc(Cl)c(Cl)cc2Cl)cn1. The van der Waals surface area contributed by atoms with Crippen molar-refractivity contribution in [3.05, 3.63) is 51.1 Å². The standard InChI is InChI=1S/C12H10Cl3N3O/c13-8-3-10(15)11(4-9(8)14)19-6-7-1-2-12(18-16)17-5-7/h1-5H,6,16H2,(H,17,18). The third-order valence-electron chi connectivity index (χ3n) is 2.34. The van der Waals surface area contributed by atoms with E-state index in [1.54, 1.807) is 24.4 Å². The Kier molecular flexibility index (Phi) is 4.71. The maximum absolute atomic E-state index is 6.01. The van der Waals surface area contributed by atoms with Crippen LogP contribution in [0.2, 0.25) is 15.1 Å². The van der Waals surface area contributed by atoms with Gasteiger partial charge in [-0.15, -0.1) is 0 Å². The first kappa shape index (κ1) is 14.2. The zero-order valence-corrected chi connectivity index (χ0v) is 11.9. The van der Waals surface area contributed by atoms with Crippen LogP contribution in [0.25, 0.3) is 0 Å². The van der Waals surface area contributed by atoms with E-state index in [0.717, 1.165) is 5.56 Å². The Morgan fingerprint density at radius 2 is 1.84 bits per heavy atom. The van der Waals surface area contributed by atoms with Crippen LogP contribution in [0.15, 0.2) is 30.5 Å². The molecule has 0 unspecified atom stereocenters. The fourth-order valence-corrected chi connectivity index (χ4v) is 1.96. The van der Waals surface area contributed by atoms with Crippen LogP contribution in [-0.4, -0.2) is 4.98 Å². The normalized spacial score (nSPS) is 10.3. The molecular formula is C12H10Cl3N3O. The van der Waals surface area contributed by atoms with Crippen LogP contribution in [0.4, 0.5) is 5.82 Å². The van der Waals surface area contributed by atoms with Gasteiger partial charge in [0.1, 0.15) is 18.2 Å². The molecule has 7 heteroatoms. The summed E-state index contributed by atoms with van der Waals surface area (Å²) in [6.07, 6.45) is 1.65. The summed E-state index contributed by atoms with van der Waals surface area (Å²) in [4.78, 5) is 4.07. The molecule has 0 saturated carbocycles. The van der Waals surface area contributed by atoms with Crippen molar-refractivity contribution in [3.8, 4) is 5.75 Å². The first-order valence-electron chi connectivity index (χ1n) is 5.29. The largest absolute Gasteiger partial charge is 0.487 e. The third-order valence-corrected chi connectivity index (χ3v) is 3.36. The van der Waals surface area contributed by atoms with Crippen LogP contribution >= 0.6 is 34.8 Å². The lowest BCUT2D eigenvalue weighted by molar-refractivity contribution is 0.306. The van der Waals surface area contributed by atoms with E-state index in [4.69, 9.17) is 45.4 Å². The molecule has 0 spiro atoms. The predicted molar refractivity (Wildman–Crippen MR) is 77.9 cm³/mol. The summed E-state index contributed by atoms with van der Waals surface area (Å²) in [5.41, 5.74) is 3.32. The average molecular weight is 319 g/mol. The summed E-state index contributed by atoms with van der Waals surface area (Å²) in [7, 11) is 0. The fraction of sp³-hybridized carbons (Fsp3) is 0.0833. The van der Waals surface area contributed by atoms with Crippen LogP contribution in [-0.2, 0) is 6.61 Å². The van der Waals surface area contributed by atoms with Gasteiger partial charge in [0, 0.05) is 17.8 Å². The number of hydrogen-bond acceptors (Lipinski definition) is 4. The molecule has 0 aliphatic rings. The van der Waals surface area contributed by atoms with Crippen molar-refractivity contribution in [2.45, 2.75) is 6.61 Å². The quantitative estimate of drug-likeness (QED) is 0.510. The molecule has 3 N–H and O–H groups in total. The lowest BCUT2D eigenvalue weighted by Gasteiger charge is -2.09. The van der Waals surface area contributed by atoms with Gasteiger partial charge >= 0.3 is 0 Å². The molecule has 0 fully saturated rings. The minimum atomic E-state index is 0.315. The van der Waals surface area contributed by atoms with E-state index < -0.39 is 0 Å². The van der Waals surface area contributed by atoms with Gasteiger partial charge in [-0.25, -0.2) is 10.8 Å². The molecule has 0 atom stereocenters. The molecule has 0 bridgehead atoms. The zero-order chi connectivity index (χ0) is 13.8. The maximum Gasteiger partial charge on any atom is 0.139 e. The molecule has 2 aromatic rings. The van der Waals surface area contributed by atoms with Gasteiger partial charge in [0.15, 0.2) is 0 Å². The van der Waals surface area contributed by atoms with Crippen LogP contribution in [0.1, 0.15) is 5.56 Å². The van der Waals surface area contributed by atoms with Gasteiger partial charge in [-0.2, -0.15) is 0 Å². The molecule has 1 aromatic carbocycles. The number of nitrogens with zero attached hydrogens (tertiary/aromatic N) is 1. The summed E-state index contributed by atoms with van der Waals surface area (Å²) in [5, 5.41) is 1.18. The van der Waals surface area contributed by atoms with Gasteiger partial charge in [-0.05, 0) is 12.1 Å². The highest BCUT2D eigenvalue weighted by molar-refractivity contribution is 6.43. The number of nitrogen functional groups attached to an aromatic ring is 1. The first-order valence-corrected chi connectivity index (χ1v) is 6.42. The minimum absolute atomic E-state index is 0.315. The van der Waals surface area contributed by atoms with Crippen molar-refractivity contribution in [1.82, 2.24) is 4.98 Å². The average Bonchev–Trinajstić information content (AvgIpc) is 2.42. The summed E-state index contributed by atoms with van der Waals surface area (Å²) in [6.45, 7) is 0.315. The van der Waals surface area contributed by atoms with Crippen molar-refractivity contribution in [2.75, 3.05) is 5.43 Å². The molecule has 2 rings (SSSR count). The second kappa shape index (κ2) is 6.30. The van der Waals surface area contributed by atoms with Crippen LogP contribution in [0.3, 0.4) is 0 Å². The van der Waals surface area contributed by atoms with E-state index in [-0.39, 0.29) is 0 Å². The van der Waals surface area contributed by atoms with Crippen LogP contribution in [0, 0.1) is 0 Å². The molecule has 4 nitrogen and oxygen atoms in total. The number of nitrogens with one attached hydrogen (secondary N) is 1. The molecular weight excluding hydrogens is 309 g/mol. The number of nitrogens with two attached hydrogens (primary N) is 1. The van der Waals surface area contributed by atoms with E-state index in [0.29, 0.717) is 33.2 Å². The zero-order valence-electron chi connectivity index (χ0n) is 9.66. The van der Waals surface area contributed by atoms with Crippen molar-refractivity contribution in [3.63, 3.8) is 0 Å². The lowest BCUT2D eigenvalue weighted by atomic mass is 10.3. The number of hydrogen-bond donors (Lipinski definition) is 2. The number of aromatic nitrogens is 1. The van der Waals surface area contributed by atoms with Crippen LogP contribution < -0.4 is 16.0 Å². The number of ether oxygens (including phenoxy) is 1. The highest BCUT2D eigenvalue weighted by Gasteiger charge is 2.07. The van der Waals surface area contributed by atoms with Crippen molar-refractivity contribution >= 4 is 40.6 Å². The first-order chi connectivity index (χ1) is 9.10. The molecule has 1 heterocycles. The number of benzene rings is 1. The van der Waals surface area contributed by atoms with Crippen LogP contribution in [0.5, 0.6) is 5.75 Å². The maximum atomic E-state index is 6.01.